The van der Waals surface area contributed by atoms with Crippen molar-refractivity contribution in [2.75, 3.05) is 0 Å². The van der Waals surface area contributed by atoms with Crippen molar-refractivity contribution in [1.29, 1.82) is 0 Å². The van der Waals surface area contributed by atoms with Gasteiger partial charge in [0.1, 0.15) is 0 Å². The van der Waals surface area contributed by atoms with Crippen LogP contribution in [0.2, 0.25) is 0 Å². The lowest BCUT2D eigenvalue weighted by atomic mass is 9.97. The zero-order chi connectivity index (χ0) is 46.7. The number of benzene rings is 10. The van der Waals surface area contributed by atoms with Crippen LogP contribution in [0, 0.1) is 13.8 Å². The van der Waals surface area contributed by atoms with Crippen LogP contribution < -0.4 is 0 Å². The Bertz CT molecular complexity index is 4080. The van der Waals surface area contributed by atoms with Gasteiger partial charge in [0.15, 0.2) is 5.82 Å². The maximum atomic E-state index is 5.34. The number of hydrogen-bond donors (Lipinski definition) is 0. The van der Waals surface area contributed by atoms with Gasteiger partial charge in [0, 0.05) is 49.4 Å². The van der Waals surface area contributed by atoms with Crippen LogP contribution in [0.25, 0.3) is 122 Å². The van der Waals surface area contributed by atoms with E-state index in [1.807, 2.05) is 12.1 Å². The Balaban J connectivity index is 1.08. The summed E-state index contributed by atoms with van der Waals surface area (Å²) in [6, 6.07) is 87.5. The largest absolute Gasteiger partial charge is 0.309 e. The van der Waals surface area contributed by atoms with E-state index in [-0.39, 0.29) is 0 Å². The lowest BCUT2D eigenvalue weighted by Crippen LogP contribution is -2.03. The molecular formula is C66H46N4. The van der Waals surface area contributed by atoms with Gasteiger partial charge < -0.3 is 9.13 Å². The van der Waals surface area contributed by atoms with E-state index >= 15 is 0 Å². The van der Waals surface area contributed by atoms with Crippen LogP contribution in [0.5, 0.6) is 0 Å². The molecule has 3 aromatic heterocycles. The minimum Gasteiger partial charge on any atom is -0.309 e. The normalized spacial score (nSPS) is 11.6. The lowest BCUT2D eigenvalue weighted by Gasteiger charge is -2.20. The molecule has 3 heterocycles. The highest BCUT2D eigenvalue weighted by atomic mass is 15.0. The number of hydrogen-bond acceptors (Lipinski definition) is 2. The van der Waals surface area contributed by atoms with Gasteiger partial charge in [-0.25, -0.2) is 9.97 Å². The Morgan fingerprint density at radius 2 is 0.686 bits per heavy atom. The highest BCUT2D eigenvalue weighted by Crippen LogP contribution is 2.44. The predicted octanol–water partition coefficient (Wildman–Crippen LogP) is 17.3. The van der Waals surface area contributed by atoms with E-state index in [2.05, 4.69) is 254 Å². The second kappa shape index (κ2) is 16.9. The van der Waals surface area contributed by atoms with Gasteiger partial charge in [-0.1, -0.05) is 188 Å². The summed E-state index contributed by atoms with van der Waals surface area (Å²) in [5, 5.41) is 4.83. The molecule has 13 aromatic rings. The third kappa shape index (κ3) is 6.92. The Labute approximate surface area is 407 Å². The first kappa shape index (κ1) is 41.1. The van der Waals surface area contributed by atoms with Gasteiger partial charge in [0.2, 0.25) is 0 Å². The van der Waals surface area contributed by atoms with E-state index in [4.69, 9.17) is 9.97 Å². The van der Waals surface area contributed by atoms with E-state index in [1.54, 1.807) is 0 Å². The van der Waals surface area contributed by atoms with E-state index in [9.17, 15) is 0 Å². The average Bonchev–Trinajstić information content (AvgIpc) is 3.93. The number of rotatable bonds is 8. The van der Waals surface area contributed by atoms with Crippen molar-refractivity contribution < 1.29 is 0 Å². The third-order valence-electron chi connectivity index (χ3n) is 14.1. The van der Waals surface area contributed by atoms with Crippen LogP contribution in [0.4, 0.5) is 0 Å². The number of aryl methyl sites for hydroxylation is 2. The molecule has 0 radical (unpaired) electrons. The summed E-state index contributed by atoms with van der Waals surface area (Å²) in [6.07, 6.45) is 0. The third-order valence-corrected chi connectivity index (χ3v) is 14.1. The summed E-state index contributed by atoms with van der Waals surface area (Å²) < 4.78 is 4.92. The summed E-state index contributed by atoms with van der Waals surface area (Å²) in [5.41, 5.74) is 21.1. The predicted molar refractivity (Wildman–Crippen MR) is 293 cm³/mol. The van der Waals surface area contributed by atoms with Gasteiger partial charge in [0.25, 0.3) is 0 Å². The topological polar surface area (TPSA) is 35.6 Å². The molecule has 10 aromatic carbocycles. The molecule has 0 bridgehead atoms. The standard InChI is InChI=1S/C66H46N4/c1-43-19-9-11-25-50(43)47-34-37-63-56(39-47)53-28-14-17-31-61(53)69(63)60-30-16-13-27-52(60)55-36-33-49(66-67-58(45-21-5-3-6-22-45)42-59(68-66)46-23-7-4-8-24-46)41-65(55)70-62-32-18-15-29-54(62)57-40-48(35-38-64(57)70)51-26-12-10-20-44(51)2/h3-42H,1-2H3. The molecule has 330 valence electrons. The Kier molecular flexibility index (Phi) is 9.91. The molecule has 4 heteroatoms. The summed E-state index contributed by atoms with van der Waals surface area (Å²) in [4.78, 5) is 10.7. The minimum absolute atomic E-state index is 0.663. The quantitative estimate of drug-likeness (QED) is 0.152. The van der Waals surface area contributed by atoms with Crippen molar-refractivity contribution in [2.45, 2.75) is 13.8 Å². The molecule has 0 N–H and O–H groups in total. The van der Waals surface area contributed by atoms with Crippen LogP contribution in [0.15, 0.2) is 243 Å². The second-order valence-corrected chi connectivity index (χ2v) is 18.2. The molecule has 13 rings (SSSR count). The van der Waals surface area contributed by atoms with Gasteiger partial charge in [0.05, 0.1) is 44.8 Å². The highest BCUT2D eigenvalue weighted by Gasteiger charge is 2.23. The summed E-state index contributed by atoms with van der Waals surface area (Å²) >= 11 is 0. The maximum absolute atomic E-state index is 5.34. The fourth-order valence-corrected chi connectivity index (χ4v) is 10.7. The van der Waals surface area contributed by atoms with Crippen molar-refractivity contribution in [3.05, 3.63) is 254 Å². The average molecular weight is 895 g/mol. The number of fused-ring (bicyclic) bond motifs is 6. The Hall–Kier alpha value is -9.12. The fraction of sp³-hybridized carbons (Fsp3) is 0.0303. The summed E-state index contributed by atoms with van der Waals surface area (Å²) in [6.45, 7) is 4.38. The first-order chi connectivity index (χ1) is 34.6. The Morgan fingerprint density at radius 3 is 1.23 bits per heavy atom. The van der Waals surface area contributed by atoms with E-state index in [1.165, 1.54) is 54.9 Å². The van der Waals surface area contributed by atoms with Crippen molar-refractivity contribution in [3.8, 4) is 78.7 Å². The Morgan fingerprint density at radius 1 is 0.271 bits per heavy atom. The van der Waals surface area contributed by atoms with Crippen molar-refractivity contribution in [1.82, 2.24) is 19.1 Å². The maximum Gasteiger partial charge on any atom is 0.160 e. The van der Waals surface area contributed by atoms with E-state index in [0.29, 0.717) is 5.82 Å². The second-order valence-electron chi connectivity index (χ2n) is 18.2. The highest BCUT2D eigenvalue weighted by molar-refractivity contribution is 6.13. The van der Waals surface area contributed by atoms with Gasteiger partial charge in [-0.05, 0) is 102 Å². The summed E-state index contributed by atoms with van der Waals surface area (Å²) in [7, 11) is 0. The van der Waals surface area contributed by atoms with Gasteiger partial charge in [-0.2, -0.15) is 0 Å². The smallest absolute Gasteiger partial charge is 0.160 e. The molecule has 0 fully saturated rings. The van der Waals surface area contributed by atoms with Crippen molar-refractivity contribution in [3.63, 3.8) is 0 Å². The molecule has 0 aliphatic rings. The van der Waals surface area contributed by atoms with Gasteiger partial charge in [-0.3, -0.25) is 0 Å². The molecule has 70 heavy (non-hydrogen) atoms. The van der Waals surface area contributed by atoms with E-state index in [0.717, 1.165) is 72.6 Å². The SMILES string of the molecule is Cc1ccccc1-c1ccc2c(c1)c1ccccc1n2-c1ccccc1-c1ccc(-c2nc(-c3ccccc3)cc(-c3ccccc3)n2)cc1-n1c2ccccc2c2cc(-c3ccccc3C)ccc21. The molecular weight excluding hydrogens is 849 g/mol. The van der Waals surface area contributed by atoms with Crippen LogP contribution in [-0.4, -0.2) is 19.1 Å². The molecule has 4 nitrogen and oxygen atoms in total. The summed E-state index contributed by atoms with van der Waals surface area (Å²) in [5.74, 6) is 0.663. The monoisotopic (exact) mass is 894 g/mol. The zero-order valence-corrected chi connectivity index (χ0v) is 38.9. The molecule has 0 unspecified atom stereocenters. The van der Waals surface area contributed by atoms with Crippen molar-refractivity contribution >= 4 is 43.6 Å². The molecule has 0 saturated carbocycles. The van der Waals surface area contributed by atoms with Gasteiger partial charge >= 0.3 is 0 Å². The molecule has 0 aliphatic heterocycles. The van der Waals surface area contributed by atoms with Crippen molar-refractivity contribution in [2.24, 2.45) is 0 Å². The van der Waals surface area contributed by atoms with Crippen LogP contribution in [0.3, 0.4) is 0 Å². The zero-order valence-electron chi connectivity index (χ0n) is 38.9. The van der Waals surface area contributed by atoms with Gasteiger partial charge in [-0.15, -0.1) is 0 Å². The molecule has 0 aliphatic carbocycles. The number of aromatic nitrogens is 4. The number of nitrogens with zero attached hydrogens (tertiary/aromatic N) is 4. The fourth-order valence-electron chi connectivity index (χ4n) is 10.7. The molecule has 0 saturated heterocycles. The van der Waals surface area contributed by atoms with E-state index < -0.39 is 0 Å². The minimum atomic E-state index is 0.663. The molecule has 0 atom stereocenters. The first-order valence-corrected chi connectivity index (χ1v) is 24.0. The lowest BCUT2D eigenvalue weighted by molar-refractivity contribution is 1.15. The van der Waals surface area contributed by atoms with Crippen LogP contribution >= 0.6 is 0 Å². The van der Waals surface area contributed by atoms with Crippen LogP contribution in [-0.2, 0) is 0 Å². The molecule has 0 spiro atoms. The molecule has 0 amide bonds. The number of para-hydroxylation sites is 3. The first-order valence-electron chi connectivity index (χ1n) is 24.0. The van der Waals surface area contributed by atoms with Crippen LogP contribution in [0.1, 0.15) is 11.1 Å².